The van der Waals surface area contributed by atoms with Gasteiger partial charge in [-0.15, -0.1) is 0 Å². The topological polar surface area (TPSA) is 99.1 Å². The average Bonchev–Trinajstić information content (AvgIpc) is 3.08. The fourth-order valence-electron chi connectivity index (χ4n) is 3.65. The number of nitrogens with zero attached hydrogens (tertiary/aromatic N) is 4. The number of nitrogen functional groups attached to an aromatic ring is 1. The highest BCUT2D eigenvalue weighted by Crippen LogP contribution is 2.37. The maximum atomic E-state index is 10.2. The molecule has 8 heteroatoms. The first-order valence-corrected chi connectivity index (χ1v) is 9.15. The van der Waals surface area contributed by atoms with Crippen LogP contribution in [0.3, 0.4) is 0 Å². The van der Waals surface area contributed by atoms with Crippen LogP contribution in [0.15, 0.2) is 48.8 Å². The molecule has 4 aromatic rings. The Bertz CT molecular complexity index is 1200. The van der Waals surface area contributed by atoms with E-state index in [0.717, 1.165) is 39.8 Å². The Morgan fingerprint density at radius 2 is 2.11 bits per heavy atom. The molecule has 0 amide bonds. The summed E-state index contributed by atoms with van der Waals surface area (Å²) in [5, 5.41) is 23.8. The fraction of sp³-hybridized carbons (Fsp3) is 0.150. The van der Waals surface area contributed by atoms with E-state index < -0.39 is 6.92 Å². The largest absolute Gasteiger partial charge is 0.491 e. The van der Waals surface area contributed by atoms with Crippen LogP contribution in [0, 0.1) is 0 Å². The molecule has 138 valence electrons. The van der Waals surface area contributed by atoms with Gasteiger partial charge < -0.3 is 15.5 Å². The molecular formula is C20H18BN5O2. The maximum absolute atomic E-state index is 10.2. The first-order valence-electron chi connectivity index (χ1n) is 9.15. The van der Waals surface area contributed by atoms with Crippen LogP contribution >= 0.6 is 0 Å². The van der Waals surface area contributed by atoms with Crippen LogP contribution in [0.2, 0.25) is 6.82 Å². The van der Waals surface area contributed by atoms with Crippen molar-refractivity contribution in [2.75, 3.05) is 12.3 Å². The second kappa shape index (κ2) is 6.35. The average molecular weight is 371 g/mol. The summed E-state index contributed by atoms with van der Waals surface area (Å²) < 4.78 is 7.94. The lowest BCUT2D eigenvalue weighted by Crippen LogP contribution is -2.27. The Labute approximate surface area is 161 Å². The summed E-state index contributed by atoms with van der Waals surface area (Å²) in [4.78, 5) is 0. The quantitative estimate of drug-likeness (QED) is 0.522. The molecule has 3 N–H and O–H groups in total. The third-order valence-electron chi connectivity index (χ3n) is 5.11. The molecule has 5 rings (SSSR count). The summed E-state index contributed by atoms with van der Waals surface area (Å²) >= 11 is 0. The van der Waals surface area contributed by atoms with Crippen LogP contribution in [-0.2, 0) is 6.42 Å². The summed E-state index contributed by atoms with van der Waals surface area (Å²) in [6.07, 6.45) is 4.10. The lowest BCUT2D eigenvalue weighted by atomic mass is 9.64. The van der Waals surface area contributed by atoms with Gasteiger partial charge in [-0.25, -0.2) is 4.68 Å². The predicted octanol–water partition coefficient (Wildman–Crippen LogP) is 1.82. The third kappa shape index (κ3) is 2.61. The smallest absolute Gasteiger partial charge is 0.320 e. The molecule has 7 nitrogen and oxygen atoms in total. The third-order valence-corrected chi connectivity index (χ3v) is 5.11. The van der Waals surface area contributed by atoms with Gasteiger partial charge >= 0.3 is 6.92 Å². The number of hydrogen-bond donors (Lipinski definition) is 2. The Balaban J connectivity index is 1.81. The van der Waals surface area contributed by atoms with Crippen LogP contribution in [0.5, 0.6) is 5.75 Å². The van der Waals surface area contributed by atoms with E-state index in [1.165, 1.54) is 0 Å². The SMILES string of the molecule is CB(O)c1cc2c(c(-c3ccc4c(N)cnnc4c3)c1)-n1nccc1CCO2. The molecule has 0 radical (unpaired) electrons. The molecule has 0 atom stereocenters. The molecule has 3 heterocycles. The predicted molar refractivity (Wildman–Crippen MR) is 109 cm³/mol. The van der Waals surface area contributed by atoms with E-state index in [2.05, 4.69) is 15.3 Å². The minimum Gasteiger partial charge on any atom is -0.491 e. The molecule has 0 bridgehead atoms. The molecule has 0 fully saturated rings. The van der Waals surface area contributed by atoms with Crippen molar-refractivity contribution in [3.8, 4) is 22.6 Å². The number of benzene rings is 2. The molecule has 1 aliphatic rings. The zero-order valence-electron chi connectivity index (χ0n) is 15.3. The molecule has 2 aromatic carbocycles. The van der Waals surface area contributed by atoms with E-state index in [-0.39, 0.29) is 0 Å². The summed E-state index contributed by atoms with van der Waals surface area (Å²) in [6, 6.07) is 11.8. The van der Waals surface area contributed by atoms with Crippen LogP contribution < -0.4 is 15.9 Å². The van der Waals surface area contributed by atoms with Gasteiger partial charge in [-0.3, -0.25) is 0 Å². The van der Waals surface area contributed by atoms with Crippen molar-refractivity contribution < 1.29 is 9.76 Å². The van der Waals surface area contributed by atoms with E-state index in [9.17, 15) is 5.02 Å². The summed E-state index contributed by atoms with van der Waals surface area (Å²) in [6.45, 7) is 1.68. The van der Waals surface area contributed by atoms with E-state index in [0.29, 0.717) is 23.6 Å². The highest BCUT2D eigenvalue weighted by Gasteiger charge is 2.23. The van der Waals surface area contributed by atoms with E-state index >= 15 is 0 Å². The van der Waals surface area contributed by atoms with Crippen molar-refractivity contribution >= 4 is 29.0 Å². The van der Waals surface area contributed by atoms with Gasteiger partial charge in [0.05, 0.1) is 24.0 Å². The Morgan fingerprint density at radius 1 is 1.21 bits per heavy atom. The van der Waals surface area contributed by atoms with Crippen molar-refractivity contribution in [3.63, 3.8) is 0 Å². The second-order valence-corrected chi connectivity index (χ2v) is 6.96. The van der Waals surface area contributed by atoms with Gasteiger partial charge in [-0.05, 0) is 35.3 Å². The molecule has 28 heavy (non-hydrogen) atoms. The van der Waals surface area contributed by atoms with E-state index in [1.54, 1.807) is 19.2 Å². The molecule has 0 saturated carbocycles. The van der Waals surface area contributed by atoms with Crippen LogP contribution in [0.1, 0.15) is 5.69 Å². The van der Waals surface area contributed by atoms with Crippen molar-refractivity contribution in [1.82, 2.24) is 20.0 Å². The Kier molecular flexibility index (Phi) is 3.80. The normalized spacial score (nSPS) is 12.8. The highest BCUT2D eigenvalue weighted by molar-refractivity contribution is 6.65. The molecule has 0 spiro atoms. The summed E-state index contributed by atoms with van der Waals surface area (Å²) in [5.74, 6) is 0.703. The van der Waals surface area contributed by atoms with Crippen molar-refractivity contribution in [2.45, 2.75) is 13.2 Å². The van der Waals surface area contributed by atoms with Crippen LogP contribution in [0.4, 0.5) is 5.69 Å². The monoisotopic (exact) mass is 371 g/mol. The number of nitrogens with two attached hydrogens (primary N) is 1. The Morgan fingerprint density at radius 3 is 2.96 bits per heavy atom. The van der Waals surface area contributed by atoms with Crippen LogP contribution in [-0.4, -0.2) is 38.5 Å². The highest BCUT2D eigenvalue weighted by atomic mass is 16.5. The fourth-order valence-corrected chi connectivity index (χ4v) is 3.65. The van der Waals surface area contributed by atoms with Crippen molar-refractivity contribution in [2.24, 2.45) is 0 Å². The second-order valence-electron chi connectivity index (χ2n) is 6.96. The van der Waals surface area contributed by atoms with Gasteiger partial charge in [-0.1, -0.05) is 19.0 Å². The minimum atomic E-state index is -0.621. The maximum Gasteiger partial charge on any atom is 0.320 e. The lowest BCUT2D eigenvalue weighted by Gasteiger charge is -2.17. The zero-order chi connectivity index (χ0) is 19.3. The van der Waals surface area contributed by atoms with Gasteiger partial charge in [0.25, 0.3) is 0 Å². The van der Waals surface area contributed by atoms with Crippen LogP contribution in [0.25, 0.3) is 27.7 Å². The first-order chi connectivity index (χ1) is 13.6. The summed E-state index contributed by atoms with van der Waals surface area (Å²) in [5.41, 5.74) is 11.9. The number of ether oxygens (including phenoxy) is 1. The van der Waals surface area contributed by atoms with Gasteiger partial charge in [0.1, 0.15) is 11.4 Å². The lowest BCUT2D eigenvalue weighted by molar-refractivity contribution is 0.327. The Hall–Kier alpha value is -3.39. The van der Waals surface area contributed by atoms with Gasteiger partial charge in [0, 0.05) is 29.3 Å². The van der Waals surface area contributed by atoms with E-state index in [4.69, 9.17) is 10.5 Å². The molecule has 0 saturated heterocycles. The number of aromatic nitrogens is 4. The molecule has 2 aromatic heterocycles. The number of hydrogen-bond acceptors (Lipinski definition) is 6. The number of rotatable bonds is 2. The van der Waals surface area contributed by atoms with Crippen molar-refractivity contribution in [3.05, 3.63) is 54.5 Å². The van der Waals surface area contributed by atoms with Gasteiger partial charge in [0.15, 0.2) is 0 Å². The van der Waals surface area contributed by atoms with Crippen molar-refractivity contribution in [1.29, 1.82) is 0 Å². The molecule has 0 aliphatic carbocycles. The summed E-state index contributed by atoms with van der Waals surface area (Å²) in [7, 11) is 0. The standard InChI is InChI=1S/C20H18BN5O2/c1-21(27)13-9-16(12-2-3-15-17(22)11-23-25-18(15)8-12)20-19(10-13)28-7-5-14-4-6-24-26(14)20/h2-4,6,8-11,27H,5,7H2,1H3,(H2,22,25). The van der Waals surface area contributed by atoms with E-state index in [1.807, 2.05) is 41.1 Å². The van der Waals surface area contributed by atoms with Gasteiger partial charge in [-0.2, -0.15) is 15.3 Å². The minimum absolute atomic E-state index is 0.557. The number of fused-ring (bicyclic) bond motifs is 4. The first kappa shape index (κ1) is 16.8. The molecule has 1 aliphatic heterocycles. The van der Waals surface area contributed by atoms with Gasteiger partial charge in [0.2, 0.25) is 0 Å². The molecular weight excluding hydrogens is 353 g/mol. The zero-order valence-corrected chi connectivity index (χ0v) is 15.3. The number of anilines is 1. The molecule has 0 unspecified atom stereocenters.